The molecule has 1 aliphatic rings. The number of hydrogen-bond donors (Lipinski definition) is 0. The number of hydrogen-bond acceptors (Lipinski definition) is 4. The largest absolute Gasteiger partial charge is 0.339 e. The van der Waals surface area contributed by atoms with Gasteiger partial charge in [-0.1, -0.05) is 35.9 Å². The van der Waals surface area contributed by atoms with Gasteiger partial charge in [0, 0.05) is 18.7 Å². The Morgan fingerprint density at radius 2 is 1.65 bits per heavy atom. The summed E-state index contributed by atoms with van der Waals surface area (Å²) in [5, 5.41) is 0. The van der Waals surface area contributed by atoms with Gasteiger partial charge >= 0.3 is 0 Å². The van der Waals surface area contributed by atoms with Crippen molar-refractivity contribution < 1.29 is 17.4 Å². The smallest absolute Gasteiger partial charge is 0.296 e. The minimum absolute atomic E-state index is 0.0252. The van der Waals surface area contributed by atoms with E-state index in [2.05, 4.69) is 0 Å². The van der Waals surface area contributed by atoms with E-state index in [4.69, 9.17) is 4.18 Å². The van der Waals surface area contributed by atoms with Crippen LogP contribution in [0.5, 0.6) is 0 Å². The summed E-state index contributed by atoms with van der Waals surface area (Å²) in [5.74, 6) is 0.160. The highest BCUT2D eigenvalue weighted by atomic mass is 32.2. The fourth-order valence-electron chi connectivity index (χ4n) is 3.02. The second kappa shape index (κ2) is 8.01. The molecule has 1 fully saturated rings. The third-order valence-corrected chi connectivity index (χ3v) is 5.99. The molecule has 0 unspecified atom stereocenters. The maximum absolute atomic E-state index is 12.4. The van der Waals surface area contributed by atoms with Crippen molar-refractivity contribution in [2.75, 3.05) is 19.7 Å². The van der Waals surface area contributed by atoms with E-state index in [1.54, 1.807) is 24.3 Å². The van der Waals surface area contributed by atoms with Crippen LogP contribution in [-0.4, -0.2) is 38.9 Å². The zero-order chi connectivity index (χ0) is 18.6. The number of carbonyl (C=O) groups excluding carboxylic acids is 1. The molecule has 5 nitrogen and oxygen atoms in total. The number of rotatable bonds is 5. The molecule has 0 spiro atoms. The second-order valence-electron chi connectivity index (χ2n) is 6.65. The lowest BCUT2D eigenvalue weighted by molar-refractivity contribution is 0.0662. The van der Waals surface area contributed by atoms with E-state index in [1.807, 2.05) is 42.2 Å². The SMILES string of the molecule is Cc1ccc(S(=O)(=O)OCC2CCN(C(=O)c3ccccc3)CC2)cc1. The van der Waals surface area contributed by atoms with Gasteiger partial charge in [0.25, 0.3) is 16.0 Å². The Morgan fingerprint density at radius 1 is 1.04 bits per heavy atom. The van der Waals surface area contributed by atoms with Gasteiger partial charge in [0.15, 0.2) is 0 Å². The summed E-state index contributed by atoms with van der Waals surface area (Å²) in [4.78, 5) is 14.4. The molecule has 1 aliphatic heterocycles. The van der Waals surface area contributed by atoms with Gasteiger partial charge in [0.05, 0.1) is 11.5 Å². The van der Waals surface area contributed by atoms with Crippen molar-refractivity contribution >= 4 is 16.0 Å². The first-order valence-electron chi connectivity index (χ1n) is 8.76. The van der Waals surface area contributed by atoms with E-state index in [0.717, 1.165) is 18.4 Å². The summed E-state index contributed by atoms with van der Waals surface area (Å²) in [5.41, 5.74) is 1.68. The lowest BCUT2D eigenvalue weighted by Crippen LogP contribution is -2.39. The molecule has 0 bridgehead atoms. The number of benzene rings is 2. The topological polar surface area (TPSA) is 63.7 Å². The molecule has 0 N–H and O–H groups in total. The van der Waals surface area contributed by atoms with Crippen LogP contribution in [0.1, 0.15) is 28.8 Å². The maximum atomic E-state index is 12.4. The molecule has 26 heavy (non-hydrogen) atoms. The molecular formula is C20H23NO4S. The quantitative estimate of drug-likeness (QED) is 0.755. The minimum Gasteiger partial charge on any atom is -0.339 e. The van der Waals surface area contributed by atoms with Gasteiger partial charge in [-0.25, -0.2) is 0 Å². The molecule has 0 aliphatic carbocycles. The van der Waals surface area contributed by atoms with Crippen LogP contribution < -0.4 is 0 Å². The van der Waals surface area contributed by atoms with E-state index in [-0.39, 0.29) is 23.3 Å². The van der Waals surface area contributed by atoms with E-state index in [0.29, 0.717) is 18.7 Å². The van der Waals surface area contributed by atoms with E-state index >= 15 is 0 Å². The second-order valence-corrected chi connectivity index (χ2v) is 8.27. The first kappa shape index (κ1) is 18.6. The zero-order valence-electron chi connectivity index (χ0n) is 14.8. The molecule has 0 atom stereocenters. The van der Waals surface area contributed by atoms with Crippen molar-refractivity contribution in [3.05, 3.63) is 65.7 Å². The van der Waals surface area contributed by atoms with Crippen LogP contribution in [0.3, 0.4) is 0 Å². The fourth-order valence-corrected chi connectivity index (χ4v) is 4.00. The lowest BCUT2D eigenvalue weighted by atomic mass is 9.97. The fraction of sp³-hybridized carbons (Fsp3) is 0.350. The highest BCUT2D eigenvalue weighted by molar-refractivity contribution is 7.86. The van der Waals surface area contributed by atoms with Crippen LogP contribution in [0, 0.1) is 12.8 Å². The van der Waals surface area contributed by atoms with Gasteiger partial charge in [0.2, 0.25) is 0 Å². The summed E-state index contributed by atoms with van der Waals surface area (Å²) in [6.07, 6.45) is 1.48. The average molecular weight is 373 g/mol. The Bertz CT molecular complexity index is 839. The van der Waals surface area contributed by atoms with Crippen LogP contribution >= 0.6 is 0 Å². The Kier molecular flexibility index (Phi) is 5.74. The van der Waals surface area contributed by atoms with Crippen molar-refractivity contribution in [1.82, 2.24) is 4.90 Å². The summed E-state index contributed by atoms with van der Waals surface area (Å²) in [6, 6.07) is 15.8. The van der Waals surface area contributed by atoms with Gasteiger partial charge in [0.1, 0.15) is 0 Å². The van der Waals surface area contributed by atoms with Crippen LogP contribution in [0.25, 0.3) is 0 Å². The molecule has 2 aromatic rings. The Hall–Kier alpha value is -2.18. The summed E-state index contributed by atoms with van der Waals surface area (Å²) >= 11 is 0. The number of aryl methyl sites for hydroxylation is 1. The lowest BCUT2D eigenvalue weighted by Gasteiger charge is -2.31. The summed E-state index contributed by atoms with van der Waals surface area (Å²) < 4.78 is 29.8. The predicted octanol–water partition coefficient (Wildman–Crippen LogP) is 3.25. The highest BCUT2D eigenvalue weighted by Crippen LogP contribution is 2.22. The normalized spacial score (nSPS) is 15.8. The molecule has 138 valence electrons. The van der Waals surface area contributed by atoms with E-state index < -0.39 is 10.1 Å². The first-order valence-corrected chi connectivity index (χ1v) is 10.2. The summed E-state index contributed by atoms with van der Waals surface area (Å²) in [6.45, 7) is 3.30. The van der Waals surface area contributed by atoms with Gasteiger partial charge in [-0.2, -0.15) is 8.42 Å². The van der Waals surface area contributed by atoms with Crippen LogP contribution in [0.2, 0.25) is 0 Å². The Balaban J connectivity index is 1.51. The predicted molar refractivity (Wildman–Crippen MR) is 99.4 cm³/mol. The highest BCUT2D eigenvalue weighted by Gasteiger charge is 2.25. The van der Waals surface area contributed by atoms with Gasteiger partial charge in [-0.3, -0.25) is 8.98 Å². The van der Waals surface area contributed by atoms with Crippen molar-refractivity contribution in [3.63, 3.8) is 0 Å². The molecule has 6 heteroatoms. The molecule has 0 aromatic heterocycles. The van der Waals surface area contributed by atoms with Crippen molar-refractivity contribution in [3.8, 4) is 0 Å². The van der Waals surface area contributed by atoms with Gasteiger partial charge in [-0.15, -0.1) is 0 Å². The van der Waals surface area contributed by atoms with Gasteiger partial charge in [-0.05, 0) is 49.9 Å². The summed E-state index contributed by atoms with van der Waals surface area (Å²) in [7, 11) is -3.73. The molecule has 1 heterocycles. The number of piperidine rings is 1. The number of nitrogens with zero attached hydrogens (tertiary/aromatic N) is 1. The van der Waals surface area contributed by atoms with Crippen LogP contribution in [0.15, 0.2) is 59.5 Å². The average Bonchev–Trinajstić information content (AvgIpc) is 2.67. The number of amides is 1. The molecule has 3 rings (SSSR count). The van der Waals surface area contributed by atoms with Crippen molar-refractivity contribution in [2.24, 2.45) is 5.92 Å². The third kappa shape index (κ3) is 4.51. The van der Waals surface area contributed by atoms with E-state index in [1.165, 1.54) is 0 Å². The van der Waals surface area contributed by atoms with Gasteiger partial charge < -0.3 is 4.90 Å². The molecule has 2 aromatic carbocycles. The minimum atomic E-state index is -3.73. The third-order valence-electron chi connectivity index (χ3n) is 4.69. The Labute approximate surface area is 154 Å². The molecule has 1 saturated heterocycles. The monoisotopic (exact) mass is 373 g/mol. The van der Waals surface area contributed by atoms with E-state index in [9.17, 15) is 13.2 Å². The number of likely N-dealkylation sites (tertiary alicyclic amines) is 1. The van der Waals surface area contributed by atoms with Crippen molar-refractivity contribution in [2.45, 2.75) is 24.7 Å². The van der Waals surface area contributed by atoms with Crippen LogP contribution in [-0.2, 0) is 14.3 Å². The first-order chi connectivity index (χ1) is 12.5. The molecular weight excluding hydrogens is 350 g/mol. The molecule has 0 radical (unpaired) electrons. The number of carbonyl (C=O) groups is 1. The molecule has 0 saturated carbocycles. The zero-order valence-corrected chi connectivity index (χ0v) is 15.6. The maximum Gasteiger partial charge on any atom is 0.296 e. The van der Waals surface area contributed by atoms with Crippen molar-refractivity contribution in [1.29, 1.82) is 0 Å². The molecule has 1 amide bonds. The standard InChI is InChI=1S/C20H23NO4S/c1-16-7-9-19(10-8-16)26(23,24)25-15-17-11-13-21(14-12-17)20(22)18-5-3-2-4-6-18/h2-10,17H,11-15H2,1H3. The van der Waals surface area contributed by atoms with Crippen LogP contribution in [0.4, 0.5) is 0 Å². The Morgan fingerprint density at radius 3 is 2.27 bits per heavy atom.